The molecule has 1 atom stereocenters. The van der Waals surface area contributed by atoms with Gasteiger partial charge in [-0.15, -0.1) is 0 Å². The number of carbonyl (C=O) groups excluding carboxylic acids is 2. The summed E-state index contributed by atoms with van der Waals surface area (Å²) in [4.78, 5) is 25.7. The minimum absolute atomic E-state index is 0.0769. The molecule has 1 heterocycles. The van der Waals surface area contributed by atoms with Crippen molar-refractivity contribution in [3.05, 3.63) is 0 Å². The van der Waals surface area contributed by atoms with Gasteiger partial charge in [-0.2, -0.15) is 0 Å². The van der Waals surface area contributed by atoms with Crippen molar-refractivity contribution in [3.63, 3.8) is 0 Å². The van der Waals surface area contributed by atoms with Gasteiger partial charge in [-0.05, 0) is 40.5 Å². The Morgan fingerprint density at radius 2 is 1.83 bits per heavy atom. The van der Waals surface area contributed by atoms with E-state index in [0.29, 0.717) is 13.0 Å². The number of esters is 1. The van der Waals surface area contributed by atoms with E-state index in [-0.39, 0.29) is 11.9 Å². The quantitative estimate of drug-likeness (QED) is 0.712. The smallest absolute Gasteiger partial charge is 0.329 e. The fourth-order valence-electron chi connectivity index (χ4n) is 2.10. The average Bonchev–Trinajstić information content (AvgIpc) is 2.21. The van der Waals surface area contributed by atoms with Crippen LogP contribution in [-0.4, -0.2) is 35.0 Å². The van der Waals surface area contributed by atoms with Crippen molar-refractivity contribution in [2.75, 3.05) is 6.54 Å². The van der Waals surface area contributed by atoms with E-state index in [1.54, 1.807) is 11.8 Å². The first-order valence-electron chi connectivity index (χ1n) is 6.83. The first kappa shape index (κ1) is 15.0. The first-order chi connectivity index (χ1) is 8.31. The van der Waals surface area contributed by atoms with Crippen LogP contribution in [-0.2, 0) is 14.3 Å². The largest absolute Gasteiger partial charge is 0.458 e. The molecule has 104 valence electrons. The second-order valence-electron chi connectivity index (χ2n) is 5.96. The molecule has 0 aromatic rings. The zero-order valence-corrected chi connectivity index (χ0v) is 12.0. The topological polar surface area (TPSA) is 46.6 Å². The van der Waals surface area contributed by atoms with Gasteiger partial charge in [0.15, 0.2) is 0 Å². The van der Waals surface area contributed by atoms with Crippen LogP contribution < -0.4 is 0 Å². The van der Waals surface area contributed by atoms with E-state index in [1.165, 1.54) is 0 Å². The molecule has 4 heteroatoms. The van der Waals surface area contributed by atoms with Gasteiger partial charge < -0.3 is 9.64 Å². The second-order valence-corrected chi connectivity index (χ2v) is 5.96. The van der Waals surface area contributed by atoms with E-state index in [4.69, 9.17) is 4.74 Å². The molecular formula is C14H25NO3. The normalized spacial score (nSPS) is 20.0. The summed E-state index contributed by atoms with van der Waals surface area (Å²) in [6.45, 7) is 7.94. The maximum absolute atomic E-state index is 12.0. The minimum atomic E-state index is -0.503. The molecule has 18 heavy (non-hydrogen) atoms. The second kappa shape index (κ2) is 6.21. The highest BCUT2D eigenvalue weighted by atomic mass is 16.6. The Balaban J connectivity index is 2.64. The lowest BCUT2D eigenvalue weighted by molar-refractivity contribution is -0.164. The molecule has 4 nitrogen and oxygen atoms in total. The van der Waals surface area contributed by atoms with Crippen molar-refractivity contribution in [2.24, 2.45) is 0 Å². The summed E-state index contributed by atoms with van der Waals surface area (Å²) < 4.78 is 5.34. The zero-order chi connectivity index (χ0) is 13.8. The maximum Gasteiger partial charge on any atom is 0.329 e. The number of rotatable bonds is 2. The molecule has 1 aliphatic rings. The summed E-state index contributed by atoms with van der Waals surface area (Å²) in [7, 11) is 0. The molecule has 1 aliphatic heterocycles. The van der Waals surface area contributed by atoms with Gasteiger partial charge in [0.25, 0.3) is 0 Å². The number of hydrogen-bond donors (Lipinski definition) is 0. The molecule has 1 fully saturated rings. The van der Waals surface area contributed by atoms with Gasteiger partial charge in [0.05, 0.1) is 0 Å². The lowest BCUT2D eigenvalue weighted by atomic mass is 10.1. The Labute approximate surface area is 110 Å². The monoisotopic (exact) mass is 255 g/mol. The SMILES string of the molecule is CC(C(=O)OC(C)(C)C)N1CCCCCCC1=O. The number of hydrogen-bond acceptors (Lipinski definition) is 3. The molecule has 1 rings (SSSR count). The van der Waals surface area contributed by atoms with Crippen molar-refractivity contribution < 1.29 is 14.3 Å². The van der Waals surface area contributed by atoms with Crippen LogP contribution in [0.15, 0.2) is 0 Å². The van der Waals surface area contributed by atoms with E-state index in [2.05, 4.69) is 0 Å². The number of likely N-dealkylation sites (tertiary alicyclic amines) is 1. The van der Waals surface area contributed by atoms with Crippen molar-refractivity contribution in [1.82, 2.24) is 4.90 Å². The van der Waals surface area contributed by atoms with Crippen LogP contribution in [0.4, 0.5) is 0 Å². The van der Waals surface area contributed by atoms with E-state index in [0.717, 1.165) is 25.7 Å². The molecule has 1 unspecified atom stereocenters. The lowest BCUT2D eigenvalue weighted by Gasteiger charge is -2.31. The van der Waals surface area contributed by atoms with E-state index in [9.17, 15) is 9.59 Å². The molecule has 0 saturated carbocycles. The van der Waals surface area contributed by atoms with Crippen LogP contribution in [0.5, 0.6) is 0 Å². The first-order valence-corrected chi connectivity index (χ1v) is 6.83. The van der Waals surface area contributed by atoms with Gasteiger partial charge in [0.1, 0.15) is 11.6 Å². The summed E-state index contributed by atoms with van der Waals surface area (Å²) >= 11 is 0. The van der Waals surface area contributed by atoms with Crippen LogP contribution >= 0.6 is 0 Å². The number of nitrogens with zero attached hydrogens (tertiary/aromatic N) is 1. The van der Waals surface area contributed by atoms with Gasteiger partial charge in [-0.3, -0.25) is 4.79 Å². The summed E-state index contributed by atoms with van der Waals surface area (Å²) in [6, 6.07) is -0.477. The zero-order valence-electron chi connectivity index (χ0n) is 12.0. The predicted molar refractivity (Wildman–Crippen MR) is 70.1 cm³/mol. The Morgan fingerprint density at radius 3 is 2.44 bits per heavy atom. The lowest BCUT2D eigenvalue weighted by Crippen LogP contribution is -2.46. The molecule has 1 saturated heterocycles. The van der Waals surface area contributed by atoms with E-state index >= 15 is 0 Å². The predicted octanol–water partition coefficient (Wildman–Crippen LogP) is 2.51. The molecule has 0 aromatic heterocycles. The van der Waals surface area contributed by atoms with Crippen molar-refractivity contribution in [2.45, 2.75) is 71.4 Å². The fourth-order valence-corrected chi connectivity index (χ4v) is 2.10. The van der Waals surface area contributed by atoms with Crippen LogP contribution in [0.25, 0.3) is 0 Å². The fraction of sp³-hybridized carbons (Fsp3) is 0.857. The molecule has 0 N–H and O–H groups in total. The van der Waals surface area contributed by atoms with Gasteiger partial charge >= 0.3 is 5.97 Å². The molecule has 1 amide bonds. The highest BCUT2D eigenvalue weighted by Gasteiger charge is 2.29. The van der Waals surface area contributed by atoms with Crippen molar-refractivity contribution in [1.29, 1.82) is 0 Å². The van der Waals surface area contributed by atoms with Crippen LogP contribution in [0.2, 0.25) is 0 Å². The van der Waals surface area contributed by atoms with Gasteiger partial charge in [-0.1, -0.05) is 12.8 Å². The Morgan fingerprint density at radius 1 is 1.22 bits per heavy atom. The third kappa shape index (κ3) is 4.67. The summed E-state index contributed by atoms with van der Waals surface area (Å²) in [6.07, 6.45) is 4.69. The van der Waals surface area contributed by atoms with Crippen LogP contribution in [0, 0.1) is 0 Å². The minimum Gasteiger partial charge on any atom is -0.458 e. The highest BCUT2D eigenvalue weighted by Crippen LogP contribution is 2.16. The van der Waals surface area contributed by atoms with Gasteiger partial charge in [0, 0.05) is 13.0 Å². The molecular weight excluding hydrogens is 230 g/mol. The molecule has 0 aliphatic carbocycles. The van der Waals surface area contributed by atoms with Crippen molar-refractivity contribution >= 4 is 11.9 Å². The third-order valence-electron chi connectivity index (χ3n) is 3.08. The summed E-state index contributed by atoms with van der Waals surface area (Å²) in [5.74, 6) is -0.232. The van der Waals surface area contributed by atoms with Crippen LogP contribution in [0.1, 0.15) is 59.8 Å². The molecule has 0 aromatic carbocycles. The molecule has 0 radical (unpaired) electrons. The number of amides is 1. The summed E-state index contributed by atoms with van der Waals surface area (Å²) in [5.41, 5.74) is -0.503. The highest BCUT2D eigenvalue weighted by molar-refractivity contribution is 5.84. The number of carbonyl (C=O) groups is 2. The van der Waals surface area contributed by atoms with Crippen LogP contribution in [0.3, 0.4) is 0 Å². The van der Waals surface area contributed by atoms with Gasteiger partial charge in [0.2, 0.25) is 5.91 Å². The average molecular weight is 255 g/mol. The Kier molecular flexibility index (Phi) is 5.17. The number of ether oxygens (including phenoxy) is 1. The molecule has 0 bridgehead atoms. The van der Waals surface area contributed by atoms with E-state index < -0.39 is 11.6 Å². The maximum atomic E-state index is 12.0. The van der Waals surface area contributed by atoms with Gasteiger partial charge in [-0.25, -0.2) is 4.79 Å². The Hall–Kier alpha value is -1.06. The van der Waals surface area contributed by atoms with Crippen molar-refractivity contribution in [3.8, 4) is 0 Å². The summed E-state index contributed by atoms with van der Waals surface area (Å²) in [5, 5.41) is 0. The Bertz CT molecular complexity index is 307. The molecule has 0 spiro atoms. The van der Waals surface area contributed by atoms with E-state index in [1.807, 2.05) is 20.8 Å². The standard InChI is InChI=1S/C14H25NO3/c1-11(13(17)18-14(2,3)4)15-10-8-6-5-7-9-12(15)16/h11H,5-10H2,1-4H3. The third-order valence-corrected chi connectivity index (χ3v) is 3.08.